The number of benzene rings is 1. The number of hydrogen-bond donors (Lipinski definition) is 2. The van der Waals surface area contributed by atoms with Crippen LogP contribution in [0.5, 0.6) is 0 Å². The molecule has 7 nitrogen and oxygen atoms in total. The van der Waals surface area contributed by atoms with Crippen LogP contribution in [0.3, 0.4) is 0 Å². The summed E-state index contributed by atoms with van der Waals surface area (Å²) in [6.45, 7) is 2.98. The van der Waals surface area contributed by atoms with E-state index >= 15 is 0 Å². The molecule has 1 aromatic rings. The summed E-state index contributed by atoms with van der Waals surface area (Å²) in [6, 6.07) is 6.18. The van der Waals surface area contributed by atoms with Crippen LogP contribution in [0.4, 0.5) is 11.4 Å². The SMILES string of the molecule is CNCC1CCN(CC(=O)Nc2ccccc2[N+](=O)[O-])C1.Cl. The first-order valence-electron chi connectivity index (χ1n) is 7.00. The fraction of sp³-hybridized carbons (Fsp3) is 0.500. The molecule has 1 aliphatic heterocycles. The molecule has 0 aliphatic carbocycles. The molecule has 2 N–H and O–H groups in total. The van der Waals surface area contributed by atoms with Crippen LogP contribution in [-0.4, -0.2) is 49.0 Å². The Bertz CT molecular complexity index is 527. The lowest BCUT2D eigenvalue weighted by atomic mass is 10.1. The van der Waals surface area contributed by atoms with Crippen LogP contribution in [0.2, 0.25) is 0 Å². The van der Waals surface area contributed by atoms with Crippen LogP contribution in [0.15, 0.2) is 24.3 Å². The van der Waals surface area contributed by atoms with E-state index in [-0.39, 0.29) is 36.2 Å². The normalized spacial score (nSPS) is 17.8. The minimum absolute atomic E-state index is 0. The molecule has 0 spiro atoms. The lowest BCUT2D eigenvalue weighted by molar-refractivity contribution is -0.383. The van der Waals surface area contributed by atoms with Crippen LogP contribution in [0.1, 0.15) is 6.42 Å². The van der Waals surface area contributed by atoms with Crippen molar-refractivity contribution in [1.82, 2.24) is 10.2 Å². The van der Waals surface area contributed by atoms with Gasteiger partial charge in [-0.05, 0) is 38.5 Å². The van der Waals surface area contributed by atoms with Crippen molar-refractivity contribution in [2.24, 2.45) is 5.92 Å². The molecule has 122 valence electrons. The second-order valence-corrected chi connectivity index (χ2v) is 5.27. The Kier molecular flexibility index (Phi) is 7.23. The van der Waals surface area contributed by atoms with E-state index in [1.807, 2.05) is 7.05 Å². The predicted molar refractivity (Wildman–Crippen MR) is 87.4 cm³/mol. The zero-order valence-corrected chi connectivity index (χ0v) is 13.3. The van der Waals surface area contributed by atoms with Crippen molar-refractivity contribution in [3.05, 3.63) is 34.4 Å². The largest absolute Gasteiger partial charge is 0.319 e. The lowest BCUT2D eigenvalue weighted by Gasteiger charge is -2.15. The Morgan fingerprint density at radius 3 is 2.86 bits per heavy atom. The fourth-order valence-electron chi connectivity index (χ4n) is 2.64. The number of rotatable bonds is 6. The van der Waals surface area contributed by atoms with Gasteiger partial charge in [-0.3, -0.25) is 19.8 Å². The third kappa shape index (κ3) is 4.94. The zero-order chi connectivity index (χ0) is 15.2. The van der Waals surface area contributed by atoms with Gasteiger partial charge in [0.15, 0.2) is 0 Å². The van der Waals surface area contributed by atoms with Gasteiger partial charge in [-0.1, -0.05) is 12.1 Å². The summed E-state index contributed by atoms with van der Waals surface area (Å²) < 4.78 is 0. The summed E-state index contributed by atoms with van der Waals surface area (Å²) in [6.07, 6.45) is 1.07. The number of nitro groups is 1. The molecule has 1 aliphatic rings. The van der Waals surface area contributed by atoms with Crippen LogP contribution < -0.4 is 10.6 Å². The van der Waals surface area contributed by atoms with Crippen LogP contribution in [0.25, 0.3) is 0 Å². The van der Waals surface area contributed by atoms with Crippen LogP contribution >= 0.6 is 12.4 Å². The van der Waals surface area contributed by atoms with E-state index in [0.29, 0.717) is 5.92 Å². The third-order valence-electron chi connectivity index (χ3n) is 3.60. The minimum Gasteiger partial charge on any atom is -0.319 e. The summed E-state index contributed by atoms with van der Waals surface area (Å²) in [7, 11) is 1.92. The fourth-order valence-corrected chi connectivity index (χ4v) is 2.64. The average molecular weight is 329 g/mol. The number of amides is 1. The van der Waals surface area contributed by atoms with Gasteiger partial charge in [-0.25, -0.2) is 0 Å². The Morgan fingerprint density at radius 2 is 2.18 bits per heavy atom. The first-order chi connectivity index (χ1) is 10.1. The van der Waals surface area contributed by atoms with Gasteiger partial charge in [0.2, 0.25) is 5.91 Å². The number of hydrogen-bond acceptors (Lipinski definition) is 5. The van der Waals surface area contributed by atoms with E-state index in [9.17, 15) is 14.9 Å². The van der Waals surface area contributed by atoms with Gasteiger partial charge in [0.25, 0.3) is 5.69 Å². The maximum atomic E-state index is 12.0. The minimum atomic E-state index is -0.492. The number of carbonyl (C=O) groups excluding carboxylic acids is 1. The van der Waals surface area contributed by atoms with Crippen molar-refractivity contribution in [2.45, 2.75) is 6.42 Å². The predicted octanol–water partition coefficient (Wildman–Crippen LogP) is 1.50. The molecule has 1 unspecified atom stereocenters. The van der Waals surface area contributed by atoms with Gasteiger partial charge in [0.05, 0.1) is 11.5 Å². The molecule has 0 saturated carbocycles. The maximum Gasteiger partial charge on any atom is 0.292 e. The van der Waals surface area contributed by atoms with E-state index in [4.69, 9.17) is 0 Å². The Morgan fingerprint density at radius 1 is 1.45 bits per heavy atom. The van der Waals surface area contributed by atoms with E-state index in [1.165, 1.54) is 6.07 Å². The molecule has 8 heteroatoms. The van der Waals surface area contributed by atoms with Crippen molar-refractivity contribution < 1.29 is 9.72 Å². The van der Waals surface area contributed by atoms with Crippen molar-refractivity contribution in [3.63, 3.8) is 0 Å². The van der Waals surface area contributed by atoms with Crippen LogP contribution in [0, 0.1) is 16.0 Å². The Hall–Kier alpha value is -1.70. The van der Waals surface area contributed by atoms with E-state index in [2.05, 4.69) is 15.5 Å². The number of nitrogens with one attached hydrogen (secondary N) is 2. The quantitative estimate of drug-likeness (QED) is 0.610. The summed E-state index contributed by atoms with van der Waals surface area (Å²) in [5.41, 5.74) is 0.166. The van der Waals surface area contributed by atoms with Gasteiger partial charge in [-0.2, -0.15) is 0 Å². The standard InChI is InChI=1S/C14H20N4O3.ClH/c1-15-8-11-6-7-17(9-11)10-14(19)16-12-4-2-3-5-13(12)18(20)21;/h2-5,11,15H,6-10H2,1H3,(H,16,19);1H. The third-order valence-corrected chi connectivity index (χ3v) is 3.60. The number of anilines is 1. The smallest absolute Gasteiger partial charge is 0.292 e. The van der Waals surface area contributed by atoms with Crippen molar-refractivity contribution in [1.29, 1.82) is 0 Å². The Labute approximate surface area is 135 Å². The molecular weight excluding hydrogens is 308 g/mol. The molecule has 0 radical (unpaired) electrons. The van der Waals surface area contributed by atoms with Gasteiger partial charge in [-0.15, -0.1) is 12.4 Å². The second kappa shape index (κ2) is 8.67. The summed E-state index contributed by atoms with van der Waals surface area (Å²) in [5.74, 6) is 0.350. The first-order valence-corrected chi connectivity index (χ1v) is 7.00. The highest BCUT2D eigenvalue weighted by molar-refractivity contribution is 5.94. The molecule has 1 aromatic carbocycles. The Balaban J connectivity index is 0.00000242. The second-order valence-electron chi connectivity index (χ2n) is 5.27. The van der Waals surface area contributed by atoms with E-state index in [0.717, 1.165) is 26.1 Å². The van der Waals surface area contributed by atoms with Gasteiger partial charge in [0.1, 0.15) is 5.69 Å². The van der Waals surface area contributed by atoms with Gasteiger partial charge in [0, 0.05) is 12.6 Å². The van der Waals surface area contributed by atoms with Gasteiger partial charge >= 0.3 is 0 Å². The number of halogens is 1. The zero-order valence-electron chi connectivity index (χ0n) is 12.4. The first kappa shape index (κ1) is 18.3. The van der Waals surface area contributed by atoms with E-state index in [1.54, 1.807) is 18.2 Å². The summed E-state index contributed by atoms with van der Waals surface area (Å²) >= 11 is 0. The van der Waals surface area contributed by atoms with Crippen molar-refractivity contribution >= 4 is 29.7 Å². The molecule has 0 bridgehead atoms. The van der Waals surface area contributed by atoms with Crippen LogP contribution in [-0.2, 0) is 4.79 Å². The monoisotopic (exact) mass is 328 g/mol. The topological polar surface area (TPSA) is 87.5 Å². The van der Waals surface area contributed by atoms with E-state index < -0.39 is 4.92 Å². The number of nitrogens with zero attached hydrogens (tertiary/aromatic N) is 2. The number of nitro benzene ring substituents is 1. The van der Waals surface area contributed by atoms with Gasteiger partial charge < -0.3 is 10.6 Å². The van der Waals surface area contributed by atoms with Crippen molar-refractivity contribution in [3.8, 4) is 0 Å². The lowest BCUT2D eigenvalue weighted by Crippen LogP contribution is -2.32. The molecule has 1 amide bonds. The van der Waals surface area contributed by atoms with Crippen molar-refractivity contribution in [2.75, 3.05) is 38.5 Å². The highest BCUT2D eigenvalue weighted by atomic mass is 35.5. The molecule has 1 atom stereocenters. The number of likely N-dealkylation sites (tertiary alicyclic amines) is 1. The molecular formula is C14H21ClN4O3. The highest BCUT2D eigenvalue weighted by Gasteiger charge is 2.24. The number of para-hydroxylation sites is 2. The molecule has 1 saturated heterocycles. The molecule has 22 heavy (non-hydrogen) atoms. The maximum absolute atomic E-state index is 12.0. The number of carbonyl (C=O) groups is 1. The highest BCUT2D eigenvalue weighted by Crippen LogP contribution is 2.23. The summed E-state index contributed by atoms with van der Waals surface area (Å²) in [4.78, 5) is 24.5. The average Bonchev–Trinajstić information content (AvgIpc) is 2.86. The molecule has 1 heterocycles. The molecule has 2 rings (SSSR count). The molecule has 1 fully saturated rings. The molecule has 0 aromatic heterocycles. The summed E-state index contributed by atoms with van der Waals surface area (Å²) in [5, 5.41) is 16.7.